The Balaban J connectivity index is 1.51. The fraction of sp³-hybridized carbons (Fsp3) is 0.565. The van der Waals surface area contributed by atoms with Crippen LogP contribution in [0.25, 0.3) is 5.65 Å². The van der Waals surface area contributed by atoms with Gasteiger partial charge in [-0.25, -0.2) is 14.5 Å². The zero-order valence-electron chi connectivity index (χ0n) is 18.8. The predicted octanol–water partition coefficient (Wildman–Crippen LogP) is 3.81. The Bertz CT molecular complexity index is 1020. The largest absolute Gasteiger partial charge is 0.462 e. The van der Waals surface area contributed by atoms with E-state index in [1.54, 1.807) is 10.7 Å². The molecule has 0 spiro atoms. The lowest BCUT2D eigenvalue weighted by molar-refractivity contribution is 0.280. The van der Waals surface area contributed by atoms with Crippen LogP contribution in [0.5, 0.6) is 6.01 Å². The third kappa shape index (κ3) is 4.73. The Morgan fingerprint density at radius 3 is 2.68 bits per heavy atom. The number of piperidine rings is 1. The summed E-state index contributed by atoms with van der Waals surface area (Å²) in [5.41, 5.74) is 9.90. The fourth-order valence-electron chi connectivity index (χ4n) is 4.23. The standard InChI is InChI=1S/C23H33N7O/c1-4-6-11-31-23-27-20(24)22-26-15-19(30(22)28-23)13-18-12-16(3)21(25-14-18)29-9-7-17(5-2)8-10-29/h12,14-15,17H,4-11,13H2,1-3H3,(H2,24,27,28). The van der Waals surface area contributed by atoms with Gasteiger partial charge in [-0.3, -0.25) is 0 Å². The highest BCUT2D eigenvalue weighted by Crippen LogP contribution is 2.27. The molecule has 0 atom stereocenters. The minimum absolute atomic E-state index is 0.290. The highest BCUT2D eigenvalue weighted by Gasteiger charge is 2.20. The minimum Gasteiger partial charge on any atom is -0.462 e. The lowest BCUT2D eigenvalue weighted by atomic mass is 9.94. The lowest BCUT2D eigenvalue weighted by Crippen LogP contribution is -2.34. The molecule has 1 aliphatic heterocycles. The van der Waals surface area contributed by atoms with Crippen molar-refractivity contribution < 1.29 is 4.74 Å². The Morgan fingerprint density at radius 2 is 1.97 bits per heavy atom. The van der Waals surface area contributed by atoms with Crippen molar-refractivity contribution >= 4 is 17.3 Å². The highest BCUT2D eigenvalue weighted by atomic mass is 16.5. The maximum Gasteiger partial charge on any atom is 0.336 e. The molecule has 0 aliphatic carbocycles. The SMILES string of the molecule is CCCCOc1nc(N)c2ncc(Cc3cnc(N4CCC(CC)CC4)c(C)c3)n2n1. The first-order valence-corrected chi connectivity index (χ1v) is 11.4. The summed E-state index contributed by atoms with van der Waals surface area (Å²) in [4.78, 5) is 15.9. The third-order valence-corrected chi connectivity index (χ3v) is 6.15. The number of hydrogen-bond donors (Lipinski definition) is 1. The van der Waals surface area contributed by atoms with Gasteiger partial charge in [0.2, 0.25) is 0 Å². The van der Waals surface area contributed by atoms with Crippen molar-refractivity contribution in [3.63, 3.8) is 0 Å². The highest BCUT2D eigenvalue weighted by molar-refractivity contribution is 5.60. The number of aromatic nitrogens is 5. The molecule has 1 saturated heterocycles. The number of hydrogen-bond acceptors (Lipinski definition) is 7. The minimum atomic E-state index is 0.290. The summed E-state index contributed by atoms with van der Waals surface area (Å²) < 4.78 is 7.40. The number of unbranched alkanes of at least 4 members (excludes halogenated alkanes) is 1. The van der Waals surface area contributed by atoms with E-state index < -0.39 is 0 Å². The molecule has 0 bridgehead atoms. The molecule has 0 amide bonds. The summed E-state index contributed by atoms with van der Waals surface area (Å²) in [5, 5.41) is 4.50. The zero-order chi connectivity index (χ0) is 21.8. The summed E-state index contributed by atoms with van der Waals surface area (Å²) >= 11 is 0. The number of nitrogen functional groups attached to an aromatic ring is 1. The Labute approximate surface area is 183 Å². The molecule has 31 heavy (non-hydrogen) atoms. The van der Waals surface area contributed by atoms with Crippen LogP contribution in [-0.2, 0) is 6.42 Å². The summed E-state index contributed by atoms with van der Waals surface area (Å²) in [7, 11) is 0. The second-order valence-corrected chi connectivity index (χ2v) is 8.47. The number of imidazole rings is 1. The Morgan fingerprint density at radius 1 is 1.16 bits per heavy atom. The van der Waals surface area contributed by atoms with Crippen LogP contribution in [0.4, 0.5) is 11.6 Å². The van der Waals surface area contributed by atoms with E-state index in [2.05, 4.69) is 46.8 Å². The van der Waals surface area contributed by atoms with Crippen LogP contribution >= 0.6 is 0 Å². The van der Waals surface area contributed by atoms with E-state index in [0.717, 1.165) is 48.9 Å². The van der Waals surface area contributed by atoms with Crippen LogP contribution in [0, 0.1) is 12.8 Å². The van der Waals surface area contributed by atoms with Crippen LogP contribution in [0.1, 0.15) is 62.8 Å². The monoisotopic (exact) mass is 423 g/mol. The van der Waals surface area contributed by atoms with Gasteiger partial charge in [-0.15, -0.1) is 5.10 Å². The maximum absolute atomic E-state index is 6.08. The van der Waals surface area contributed by atoms with Crippen LogP contribution in [0.3, 0.4) is 0 Å². The number of ether oxygens (including phenoxy) is 1. The summed E-state index contributed by atoms with van der Waals surface area (Å²) in [6, 6.07) is 2.51. The normalized spacial score (nSPS) is 15.0. The zero-order valence-corrected chi connectivity index (χ0v) is 18.8. The van der Waals surface area contributed by atoms with Crippen molar-refractivity contribution in [2.24, 2.45) is 5.92 Å². The molecule has 4 rings (SSSR count). The van der Waals surface area contributed by atoms with Crippen LogP contribution in [-0.4, -0.2) is 44.3 Å². The van der Waals surface area contributed by atoms with Crippen molar-refractivity contribution in [3.8, 4) is 6.01 Å². The summed E-state index contributed by atoms with van der Waals surface area (Å²) in [6.07, 6.45) is 10.2. The van der Waals surface area contributed by atoms with Crippen molar-refractivity contribution in [1.82, 2.24) is 24.6 Å². The molecule has 8 nitrogen and oxygen atoms in total. The number of rotatable bonds is 8. The number of aryl methyl sites for hydroxylation is 1. The number of nitrogens with two attached hydrogens (primary N) is 1. The Hall–Kier alpha value is -2.90. The quantitative estimate of drug-likeness (QED) is 0.551. The first kappa shape index (κ1) is 21.3. The first-order chi connectivity index (χ1) is 15.1. The van der Waals surface area contributed by atoms with Gasteiger partial charge in [-0.05, 0) is 43.2 Å². The van der Waals surface area contributed by atoms with Crippen molar-refractivity contribution in [2.75, 3.05) is 30.3 Å². The molecule has 1 fully saturated rings. The van der Waals surface area contributed by atoms with Crippen molar-refractivity contribution in [2.45, 2.75) is 59.3 Å². The molecule has 1 aliphatic rings. The average Bonchev–Trinajstić information content (AvgIpc) is 3.17. The van der Waals surface area contributed by atoms with Crippen molar-refractivity contribution in [3.05, 3.63) is 35.3 Å². The van der Waals surface area contributed by atoms with Gasteiger partial charge in [0.15, 0.2) is 11.5 Å². The summed E-state index contributed by atoms with van der Waals surface area (Å²) in [5.74, 6) is 2.29. The van der Waals surface area contributed by atoms with Gasteiger partial charge in [0.1, 0.15) is 5.82 Å². The number of nitrogens with zero attached hydrogens (tertiary/aromatic N) is 6. The van der Waals surface area contributed by atoms with E-state index in [1.165, 1.54) is 24.8 Å². The van der Waals surface area contributed by atoms with Gasteiger partial charge in [0, 0.05) is 25.7 Å². The molecule has 4 heterocycles. The molecule has 166 valence electrons. The number of anilines is 2. The molecule has 3 aromatic heterocycles. The Kier molecular flexibility index (Phi) is 6.53. The van der Waals surface area contributed by atoms with Gasteiger partial charge in [-0.2, -0.15) is 4.98 Å². The third-order valence-electron chi connectivity index (χ3n) is 6.15. The second-order valence-electron chi connectivity index (χ2n) is 8.47. The first-order valence-electron chi connectivity index (χ1n) is 11.4. The molecule has 0 saturated carbocycles. The van der Waals surface area contributed by atoms with Gasteiger partial charge < -0.3 is 15.4 Å². The summed E-state index contributed by atoms with van der Waals surface area (Å²) in [6.45, 7) is 9.31. The smallest absolute Gasteiger partial charge is 0.336 e. The molecule has 0 aromatic carbocycles. The number of fused-ring (bicyclic) bond motifs is 1. The van der Waals surface area contributed by atoms with Crippen molar-refractivity contribution in [1.29, 1.82) is 0 Å². The van der Waals surface area contributed by atoms with E-state index in [-0.39, 0.29) is 6.01 Å². The van der Waals surface area contributed by atoms with Crippen LogP contribution < -0.4 is 15.4 Å². The van der Waals surface area contributed by atoms with Crippen LogP contribution in [0.15, 0.2) is 18.5 Å². The van der Waals surface area contributed by atoms with Gasteiger partial charge >= 0.3 is 6.01 Å². The lowest BCUT2D eigenvalue weighted by Gasteiger charge is -2.33. The maximum atomic E-state index is 6.08. The molecular weight excluding hydrogens is 390 g/mol. The molecule has 3 aromatic rings. The second kappa shape index (κ2) is 9.49. The predicted molar refractivity (Wildman–Crippen MR) is 123 cm³/mol. The molecule has 2 N–H and O–H groups in total. The van der Waals surface area contributed by atoms with Gasteiger partial charge in [-0.1, -0.05) is 32.8 Å². The topological polar surface area (TPSA) is 94.5 Å². The average molecular weight is 424 g/mol. The van der Waals surface area contributed by atoms with E-state index >= 15 is 0 Å². The molecular formula is C23H33N7O. The van der Waals surface area contributed by atoms with Gasteiger partial charge in [0.25, 0.3) is 0 Å². The van der Waals surface area contributed by atoms with E-state index in [0.29, 0.717) is 24.5 Å². The van der Waals surface area contributed by atoms with E-state index in [1.807, 2.05) is 6.20 Å². The molecule has 0 radical (unpaired) electrons. The van der Waals surface area contributed by atoms with E-state index in [4.69, 9.17) is 15.5 Å². The van der Waals surface area contributed by atoms with E-state index in [9.17, 15) is 0 Å². The molecule has 0 unspecified atom stereocenters. The molecule has 8 heteroatoms. The van der Waals surface area contributed by atoms with Crippen LogP contribution in [0.2, 0.25) is 0 Å². The number of pyridine rings is 1. The van der Waals surface area contributed by atoms with Gasteiger partial charge in [0.05, 0.1) is 18.5 Å². The fourth-order valence-corrected chi connectivity index (χ4v) is 4.23.